The van der Waals surface area contributed by atoms with Gasteiger partial charge in [-0.25, -0.2) is 0 Å². The van der Waals surface area contributed by atoms with Crippen LogP contribution in [0.1, 0.15) is 33.1 Å². The summed E-state index contributed by atoms with van der Waals surface area (Å²) in [5, 5.41) is 3.50. The molecule has 1 aliphatic heterocycles. The lowest BCUT2D eigenvalue weighted by atomic mass is 10.3. The van der Waals surface area contributed by atoms with Gasteiger partial charge in [-0.1, -0.05) is 0 Å². The second-order valence-electron chi connectivity index (χ2n) is 4.35. The van der Waals surface area contributed by atoms with Gasteiger partial charge in [0.2, 0.25) is 0 Å². The monoisotopic (exact) mass is 214 g/mol. The molecule has 0 saturated carbocycles. The van der Waals surface area contributed by atoms with E-state index in [-0.39, 0.29) is 0 Å². The molecular weight excluding hydrogens is 188 g/mol. The molecule has 0 aromatic heterocycles. The maximum atomic E-state index is 5.29. The largest absolute Gasteiger partial charge is 0.382 e. The number of hydrogen-bond acceptors (Lipinski definition) is 3. The molecular formula is C12H26N2O. The molecule has 0 aromatic rings. The van der Waals surface area contributed by atoms with Crippen LogP contribution in [0, 0.1) is 0 Å². The maximum absolute atomic E-state index is 5.29. The molecule has 1 rings (SSSR count). The Bertz CT molecular complexity index is 147. The summed E-state index contributed by atoms with van der Waals surface area (Å²) in [6.45, 7) is 10.9. The smallest absolute Gasteiger partial charge is 0.0477 e. The third-order valence-corrected chi connectivity index (χ3v) is 3.05. The molecule has 90 valence electrons. The first-order valence-electron chi connectivity index (χ1n) is 6.37. The van der Waals surface area contributed by atoms with Gasteiger partial charge in [0, 0.05) is 25.8 Å². The number of likely N-dealkylation sites (tertiary alicyclic amines) is 1. The third kappa shape index (κ3) is 5.50. The Morgan fingerprint density at radius 3 is 2.73 bits per heavy atom. The van der Waals surface area contributed by atoms with Crippen LogP contribution in [0.15, 0.2) is 0 Å². The van der Waals surface area contributed by atoms with E-state index < -0.39 is 0 Å². The van der Waals surface area contributed by atoms with Crippen LogP contribution >= 0.6 is 0 Å². The highest BCUT2D eigenvalue weighted by molar-refractivity contribution is 4.74. The number of rotatable bonds is 8. The third-order valence-electron chi connectivity index (χ3n) is 3.05. The van der Waals surface area contributed by atoms with Crippen molar-refractivity contribution >= 4 is 0 Å². The molecule has 1 aliphatic rings. The van der Waals surface area contributed by atoms with Crippen molar-refractivity contribution in [2.45, 2.75) is 39.2 Å². The second kappa shape index (κ2) is 8.08. The Kier molecular flexibility index (Phi) is 6.98. The van der Waals surface area contributed by atoms with Gasteiger partial charge in [-0.05, 0) is 52.7 Å². The highest BCUT2D eigenvalue weighted by Gasteiger charge is 2.16. The van der Waals surface area contributed by atoms with E-state index in [0.29, 0.717) is 6.04 Å². The van der Waals surface area contributed by atoms with Gasteiger partial charge in [-0.15, -0.1) is 0 Å². The van der Waals surface area contributed by atoms with Crippen molar-refractivity contribution in [2.24, 2.45) is 0 Å². The summed E-state index contributed by atoms with van der Waals surface area (Å²) < 4.78 is 5.29. The van der Waals surface area contributed by atoms with Crippen molar-refractivity contribution in [3.8, 4) is 0 Å². The fourth-order valence-electron chi connectivity index (χ4n) is 2.07. The molecule has 0 aliphatic carbocycles. The summed E-state index contributed by atoms with van der Waals surface area (Å²) in [5.41, 5.74) is 0. The molecule has 1 unspecified atom stereocenters. The SMILES string of the molecule is CCOCCCNCC(C)N1CCCC1. The van der Waals surface area contributed by atoms with Gasteiger partial charge in [0.05, 0.1) is 0 Å². The van der Waals surface area contributed by atoms with Crippen LogP contribution in [-0.4, -0.2) is 50.3 Å². The van der Waals surface area contributed by atoms with E-state index in [2.05, 4.69) is 17.1 Å². The van der Waals surface area contributed by atoms with E-state index in [4.69, 9.17) is 4.74 Å². The maximum Gasteiger partial charge on any atom is 0.0477 e. The Morgan fingerprint density at radius 1 is 1.33 bits per heavy atom. The zero-order chi connectivity index (χ0) is 10.9. The molecule has 0 bridgehead atoms. The average molecular weight is 214 g/mol. The van der Waals surface area contributed by atoms with E-state index in [1.54, 1.807) is 0 Å². The van der Waals surface area contributed by atoms with Crippen LogP contribution in [0.4, 0.5) is 0 Å². The molecule has 3 nitrogen and oxygen atoms in total. The first-order chi connectivity index (χ1) is 7.34. The van der Waals surface area contributed by atoms with Crippen molar-refractivity contribution in [2.75, 3.05) is 39.4 Å². The van der Waals surface area contributed by atoms with Crippen molar-refractivity contribution in [1.29, 1.82) is 0 Å². The van der Waals surface area contributed by atoms with Crippen LogP contribution in [-0.2, 0) is 4.74 Å². The predicted molar refractivity (Wildman–Crippen MR) is 64.2 cm³/mol. The molecule has 0 amide bonds. The van der Waals surface area contributed by atoms with Gasteiger partial charge >= 0.3 is 0 Å². The molecule has 3 heteroatoms. The van der Waals surface area contributed by atoms with Crippen LogP contribution in [0.3, 0.4) is 0 Å². The van der Waals surface area contributed by atoms with E-state index in [9.17, 15) is 0 Å². The topological polar surface area (TPSA) is 24.5 Å². The Morgan fingerprint density at radius 2 is 2.07 bits per heavy atom. The molecule has 1 fully saturated rings. The lowest BCUT2D eigenvalue weighted by Crippen LogP contribution is -2.38. The van der Waals surface area contributed by atoms with Crippen molar-refractivity contribution < 1.29 is 4.74 Å². The molecule has 0 radical (unpaired) electrons. The molecule has 1 atom stereocenters. The first-order valence-corrected chi connectivity index (χ1v) is 6.37. The normalized spacial score (nSPS) is 19.6. The van der Waals surface area contributed by atoms with E-state index in [0.717, 1.165) is 32.7 Å². The van der Waals surface area contributed by atoms with Crippen LogP contribution in [0.25, 0.3) is 0 Å². The quantitative estimate of drug-likeness (QED) is 0.620. The second-order valence-corrected chi connectivity index (χ2v) is 4.35. The summed E-state index contributed by atoms with van der Waals surface area (Å²) in [6, 6.07) is 0.694. The minimum Gasteiger partial charge on any atom is -0.382 e. The molecule has 0 spiro atoms. The van der Waals surface area contributed by atoms with Gasteiger partial charge in [0.25, 0.3) is 0 Å². The molecule has 1 N–H and O–H groups in total. The predicted octanol–water partition coefficient (Wildman–Crippen LogP) is 1.49. The van der Waals surface area contributed by atoms with Crippen molar-refractivity contribution in [3.05, 3.63) is 0 Å². The Labute approximate surface area is 94.2 Å². The minimum atomic E-state index is 0.694. The average Bonchev–Trinajstić information content (AvgIpc) is 2.76. The number of hydrogen-bond donors (Lipinski definition) is 1. The van der Waals surface area contributed by atoms with Gasteiger partial charge < -0.3 is 10.1 Å². The number of nitrogens with one attached hydrogen (secondary N) is 1. The van der Waals surface area contributed by atoms with Gasteiger partial charge in [0.1, 0.15) is 0 Å². The van der Waals surface area contributed by atoms with Crippen LogP contribution in [0.5, 0.6) is 0 Å². The highest BCUT2D eigenvalue weighted by atomic mass is 16.5. The standard InChI is InChI=1S/C12H26N2O/c1-3-15-10-6-7-13-11-12(2)14-8-4-5-9-14/h12-13H,3-11H2,1-2H3. The van der Waals surface area contributed by atoms with Crippen molar-refractivity contribution in [3.63, 3.8) is 0 Å². The van der Waals surface area contributed by atoms with E-state index in [1.165, 1.54) is 25.9 Å². The van der Waals surface area contributed by atoms with Gasteiger partial charge in [-0.2, -0.15) is 0 Å². The van der Waals surface area contributed by atoms with E-state index in [1.807, 2.05) is 6.92 Å². The number of ether oxygens (including phenoxy) is 1. The summed E-state index contributed by atoms with van der Waals surface area (Å²) >= 11 is 0. The lowest BCUT2D eigenvalue weighted by molar-refractivity contribution is 0.144. The molecule has 0 aromatic carbocycles. The van der Waals surface area contributed by atoms with Gasteiger partial charge in [-0.3, -0.25) is 4.90 Å². The summed E-state index contributed by atoms with van der Waals surface area (Å²) in [4.78, 5) is 2.58. The fourth-order valence-corrected chi connectivity index (χ4v) is 2.07. The lowest BCUT2D eigenvalue weighted by Gasteiger charge is -2.23. The molecule has 1 saturated heterocycles. The summed E-state index contributed by atoms with van der Waals surface area (Å²) in [7, 11) is 0. The molecule has 15 heavy (non-hydrogen) atoms. The van der Waals surface area contributed by atoms with Crippen LogP contribution in [0.2, 0.25) is 0 Å². The Hall–Kier alpha value is -0.120. The first kappa shape index (κ1) is 12.9. The zero-order valence-electron chi connectivity index (χ0n) is 10.3. The zero-order valence-corrected chi connectivity index (χ0v) is 10.3. The summed E-state index contributed by atoms with van der Waals surface area (Å²) in [6.07, 6.45) is 3.89. The Balaban J connectivity index is 1.90. The van der Waals surface area contributed by atoms with Crippen LogP contribution < -0.4 is 5.32 Å². The fraction of sp³-hybridized carbons (Fsp3) is 1.00. The minimum absolute atomic E-state index is 0.694. The summed E-state index contributed by atoms with van der Waals surface area (Å²) in [5.74, 6) is 0. The van der Waals surface area contributed by atoms with Gasteiger partial charge in [0.15, 0.2) is 0 Å². The van der Waals surface area contributed by atoms with Crippen molar-refractivity contribution in [1.82, 2.24) is 10.2 Å². The highest BCUT2D eigenvalue weighted by Crippen LogP contribution is 2.10. The van der Waals surface area contributed by atoms with E-state index >= 15 is 0 Å². The molecule has 1 heterocycles. The number of nitrogens with zero attached hydrogens (tertiary/aromatic N) is 1.